The lowest BCUT2D eigenvalue weighted by molar-refractivity contribution is -0.113. The minimum absolute atomic E-state index is 0.0317. The summed E-state index contributed by atoms with van der Waals surface area (Å²) in [5, 5.41) is 12.2. The van der Waals surface area contributed by atoms with E-state index in [1.807, 2.05) is 25.1 Å². The van der Waals surface area contributed by atoms with Gasteiger partial charge < -0.3 is 14.8 Å². The van der Waals surface area contributed by atoms with E-state index in [1.165, 1.54) is 29.2 Å². The Labute approximate surface area is 203 Å². The molecule has 4 rings (SSSR count). The second-order valence-electron chi connectivity index (χ2n) is 6.94. The standard InChI is InChI=1S/C23H22FN5O3S2/c1-3-11-29-20(13-32-18-8-6-5-7-16(18)24)27-28-23(29)33-14-21(30)26-22-25-17-10-9-15(31-4-2)12-19(17)34-22/h3,5-10,12H,1,4,11,13-14H2,2H3,(H,25,26,30). The number of aromatic nitrogens is 4. The maximum Gasteiger partial charge on any atom is 0.236 e. The summed E-state index contributed by atoms with van der Waals surface area (Å²) in [5.74, 6) is 0.849. The van der Waals surface area contributed by atoms with Crippen molar-refractivity contribution in [3.8, 4) is 11.5 Å². The van der Waals surface area contributed by atoms with E-state index >= 15 is 0 Å². The Balaban J connectivity index is 1.37. The van der Waals surface area contributed by atoms with Gasteiger partial charge in [0.05, 0.1) is 22.6 Å². The second kappa shape index (κ2) is 11.1. The number of hydrogen-bond acceptors (Lipinski definition) is 8. The highest BCUT2D eigenvalue weighted by molar-refractivity contribution is 7.99. The van der Waals surface area contributed by atoms with Crippen molar-refractivity contribution in [2.24, 2.45) is 0 Å². The highest BCUT2D eigenvalue weighted by Gasteiger charge is 2.16. The summed E-state index contributed by atoms with van der Waals surface area (Å²) in [6, 6.07) is 11.8. The molecule has 8 nitrogen and oxygen atoms in total. The van der Waals surface area contributed by atoms with Crippen molar-refractivity contribution in [2.75, 3.05) is 17.7 Å². The van der Waals surface area contributed by atoms with E-state index in [0.717, 1.165) is 16.0 Å². The first-order chi connectivity index (χ1) is 16.6. The number of halogens is 1. The number of ether oxygens (including phenoxy) is 2. The molecule has 34 heavy (non-hydrogen) atoms. The lowest BCUT2D eigenvalue weighted by Gasteiger charge is -2.09. The van der Waals surface area contributed by atoms with Crippen molar-refractivity contribution >= 4 is 44.4 Å². The van der Waals surface area contributed by atoms with Crippen molar-refractivity contribution in [1.82, 2.24) is 19.7 Å². The van der Waals surface area contributed by atoms with Crippen LogP contribution in [-0.2, 0) is 17.9 Å². The molecule has 0 spiro atoms. The number of thiazole rings is 1. The molecule has 0 fully saturated rings. The third-order valence-electron chi connectivity index (χ3n) is 4.55. The molecule has 0 atom stereocenters. The zero-order chi connectivity index (χ0) is 23.9. The number of para-hydroxylation sites is 1. The molecule has 4 aromatic rings. The van der Waals surface area contributed by atoms with Crippen molar-refractivity contribution in [3.63, 3.8) is 0 Å². The molecule has 1 amide bonds. The van der Waals surface area contributed by atoms with Gasteiger partial charge in [-0.05, 0) is 37.3 Å². The minimum Gasteiger partial charge on any atom is -0.494 e. The second-order valence-corrected chi connectivity index (χ2v) is 8.91. The molecule has 0 saturated heterocycles. The van der Waals surface area contributed by atoms with Gasteiger partial charge in [-0.15, -0.1) is 16.8 Å². The fourth-order valence-electron chi connectivity index (χ4n) is 3.05. The molecule has 0 radical (unpaired) electrons. The number of fused-ring (bicyclic) bond motifs is 1. The van der Waals surface area contributed by atoms with Crippen LogP contribution in [0.3, 0.4) is 0 Å². The zero-order valence-electron chi connectivity index (χ0n) is 18.4. The lowest BCUT2D eigenvalue weighted by Crippen LogP contribution is -2.14. The quantitative estimate of drug-likeness (QED) is 0.231. The molecule has 2 aromatic heterocycles. The predicted molar refractivity (Wildman–Crippen MR) is 131 cm³/mol. The summed E-state index contributed by atoms with van der Waals surface area (Å²) >= 11 is 2.62. The third kappa shape index (κ3) is 5.72. The molecule has 1 N–H and O–H groups in total. The Morgan fingerprint density at radius 3 is 2.91 bits per heavy atom. The SMILES string of the molecule is C=CCn1c(COc2ccccc2F)nnc1SCC(=O)Nc1nc2ccc(OCC)cc2s1. The monoisotopic (exact) mass is 499 g/mol. The number of hydrogen-bond donors (Lipinski definition) is 1. The van der Waals surface area contributed by atoms with Gasteiger partial charge >= 0.3 is 0 Å². The molecule has 0 bridgehead atoms. The molecule has 11 heteroatoms. The Morgan fingerprint density at radius 2 is 2.12 bits per heavy atom. The van der Waals surface area contributed by atoms with Crippen LogP contribution in [0.5, 0.6) is 11.5 Å². The smallest absolute Gasteiger partial charge is 0.236 e. The molecule has 2 heterocycles. The third-order valence-corrected chi connectivity index (χ3v) is 6.45. The van der Waals surface area contributed by atoms with Crippen LogP contribution >= 0.6 is 23.1 Å². The molecule has 0 saturated carbocycles. The van der Waals surface area contributed by atoms with Crippen molar-refractivity contribution in [2.45, 2.75) is 25.2 Å². The van der Waals surface area contributed by atoms with Crippen LogP contribution in [0, 0.1) is 5.82 Å². The van der Waals surface area contributed by atoms with Gasteiger partial charge in [0.25, 0.3) is 0 Å². The van der Waals surface area contributed by atoms with Gasteiger partial charge in [-0.2, -0.15) is 0 Å². The molecule has 0 aliphatic carbocycles. The average Bonchev–Trinajstić information content (AvgIpc) is 3.40. The molecule has 2 aromatic carbocycles. The van der Waals surface area contributed by atoms with Crippen LogP contribution in [0.25, 0.3) is 10.2 Å². The summed E-state index contributed by atoms with van der Waals surface area (Å²) in [5.41, 5.74) is 0.793. The number of carbonyl (C=O) groups is 1. The maximum absolute atomic E-state index is 13.8. The summed E-state index contributed by atoms with van der Waals surface area (Å²) in [7, 11) is 0. The van der Waals surface area contributed by atoms with Crippen molar-refractivity contribution in [3.05, 3.63) is 66.8 Å². The highest BCUT2D eigenvalue weighted by Crippen LogP contribution is 2.29. The molecule has 0 aliphatic rings. The minimum atomic E-state index is -0.451. The van der Waals surface area contributed by atoms with Gasteiger partial charge in [-0.1, -0.05) is 41.3 Å². The van der Waals surface area contributed by atoms with Crippen LogP contribution in [0.15, 0.2) is 60.3 Å². The average molecular weight is 500 g/mol. The molecular weight excluding hydrogens is 477 g/mol. The Bertz CT molecular complexity index is 1310. The largest absolute Gasteiger partial charge is 0.494 e. The first kappa shape index (κ1) is 23.7. The Hall–Kier alpha value is -3.44. The van der Waals surface area contributed by atoms with E-state index in [-0.39, 0.29) is 24.0 Å². The van der Waals surface area contributed by atoms with Gasteiger partial charge in [0, 0.05) is 6.54 Å². The maximum atomic E-state index is 13.8. The number of allylic oxidation sites excluding steroid dienone is 1. The number of amides is 1. The van der Waals surface area contributed by atoms with Gasteiger partial charge in [0.2, 0.25) is 5.91 Å². The van der Waals surface area contributed by atoms with Gasteiger partial charge in [-0.3, -0.25) is 9.36 Å². The highest BCUT2D eigenvalue weighted by atomic mass is 32.2. The van der Waals surface area contributed by atoms with E-state index in [9.17, 15) is 9.18 Å². The van der Waals surface area contributed by atoms with Crippen LogP contribution in [-0.4, -0.2) is 38.0 Å². The van der Waals surface area contributed by atoms with E-state index in [0.29, 0.717) is 29.3 Å². The molecular formula is C23H22FN5O3S2. The molecule has 0 unspecified atom stereocenters. The van der Waals surface area contributed by atoms with Gasteiger partial charge in [-0.25, -0.2) is 9.37 Å². The summed E-state index contributed by atoms with van der Waals surface area (Å²) in [6.45, 7) is 6.72. The number of benzene rings is 2. The summed E-state index contributed by atoms with van der Waals surface area (Å²) in [6.07, 6.45) is 1.69. The van der Waals surface area contributed by atoms with Crippen LogP contribution in [0.4, 0.5) is 9.52 Å². The first-order valence-corrected chi connectivity index (χ1v) is 12.2. The number of carbonyl (C=O) groups excluding carboxylic acids is 1. The fraction of sp³-hybridized carbons (Fsp3) is 0.217. The Kier molecular flexibility index (Phi) is 7.76. The van der Waals surface area contributed by atoms with E-state index in [4.69, 9.17) is 9.47 Å². The first-order valence-electron chi connectivity index (χ1n) is 10.4. The molecule has 0 aliphatic heterocycles. The Morgan fingerprint density at radius 1 is 1.26 bits per heavy atom. The number of nitrogens with one attached hydrogen (secondary N) is 1. The van der Waals surface area contributed by atoms with E-state index in [1.54, 1.807) is 28.8 Å². The number of thioether (sulfide) groups is 1. The number of nitrogens with zero attached hydrogens (tertiary/aromatic N) is 4. The zero-order valence-corrected chi connectivity index (χ0v) is 20.0. The van der Waals surface area contributed by atoms with Gasteiger partial charge in [0.15, 0.2) is 27.7 Å². The predicted octanol–water partition coefficient (Wildman–Crippen LogP) is 4.92. The molecule has 176 valence electrons. The van der Waals surface area contributed by atoms with Crippen molar-refractivity contribution < 1.29 is 18.7 Å². The topological polar surface area (TPSA) is 91.2 Å². The van der Waals surface area contributed by atoms with Crippen LogP contribution < -0.4 is 14.8 Å². The van der Waals surface area contributed by atoms with Crippen molar-refractivity contribution in [1.29, 1.82) is 0 Å². The fourth-order valence-corrected chi connectivity index (χ4v) is 4.73. The van der Waals surface area contributed by atoms with Crippen LogP contribution in [0.1, 0.15) is 12.7 Å². The van der Waals surface area contributed by atoms with Crippen LogP contribution in [0.2, 0.25) is 0 Å². The lowest BCUT2D eigenvalue weighted by atomic mass is 10.3. The summed E-state index contributed by atoms with van der Waals surface area (Å²) in [4.78, 5) is 17.0. The van der Waals surface area contributed by atoms with E-state index in [2.05, 4.69) is 27.1 Å². The normalized spacial score (nSPS) is 10.9. The number of anilines is 1. The van der Waals surface area contributed by atoms with E-state index < -0.39 is 5.82 Å². The summed E-state index contributed by atoms with van der Waals surface area (Å²) < 4.78 is 27.6. The van der Waals surface area contributed by atoms with Gasteiger partial charge in [0.1, 0.15) is 12.4 Å². The number of rotatable bonds is 11.